The van der Waals surface area contributed by atoms with Gasteiger partial charge in [-0.3, -0.25) is 4.79 Å². The maximum absolute atomic E-state index is 12.5. The van der Waals surface area contributed by atoms with Gasteiger partial charge in [0, 0.05) is 22.9 Å². The van der Waals surface area contributed by atoms with Crippen molar-refractivity contribution in [3.8, 4) is 0 Å². The molecule has 0 spiro atoms. The van der Waals surface area contributed by atoms with Gasteiger partial charge in [-0.1, -0.05) is 18.2 Å². The molecule has 0 saturated carbocycles. The number of nitrogens with one attached hydrogen (secondary N) is 1. The zero-order chi connectivity index (χ0) is 19.9. The zero-order valence-corrected chi connectivity index (χ0v) is 17.0. The summed E-state index contributed by atoms with van der Waals surface area (Å²) < 4.78 is 10.9. The fraction of sp³-hybridized carbons (Fsp3) is 0.364. The molecule has 6 heteroatoms. The topological polar surface area (TPSA) is 64.6 Å². The predicted octanol–water partition coefficient (Wildman–Crippen LogP) is 4.37. The molecule has 1 atom stereocenters. The lowest BCUT2D eigenvalue weighted by atomic mass is 10.1. The molecule has 1 N–H and O–H groups in total. The van der Waals surface area contributed by atoms with Crippen LogP contribution in [0.15, 0.2) is 47.4 Å². The molecule has 1 saturated heterocycles. The Kier molecular flexibility index (Phi) is 7.12. The Bertz CT molecular complexity index is 826. The van der Waals surface area contributed by atoms with Crippen LogP contribution in [0.25, 0.3) is 0 Å². The van der Waals surface area contributed by atoms with Crippen LogP contribution in [0, 0.1) is 13.8 Å². The first-order valence-corrected chi connectivity index (χ1v) is 10.4. The van der Waals surface area contributed by atoms with Crippen LogP contribution in [0.1, 0.15) is 34.3 Å². The molecular formula is C22H25NO4S. The molecule has 0 bridgehead atoms. The van der Waals surface area contributed by atoms with Crippen molar-refractivity contribution in [3.63, 3.8) is 0 Å². The van der Waals surface area contributed by atoms with Gasteiger partial charge in [-0.15, -0.1) is 11.8 Å². The van der Waals surface area contributed by atoms with Crippen molar-refractivity contribution >= 4 is 29.3 Å². The Morgan fingerprint density at radius 1 is 1.18 bits per heavy atom. The summed E-state index contributed by atoms with van der Waals surface area (Å²) in [6, 6.07) is 13.1. The highest BCUT2D eigenvalue weighted by Gasteiger charge is 2.19. The van der Waals surface area contributed by atoms with Crippen LogP contribution in [0.3, 0.4) is 0 Å². The van der Waals surface area contributed by atoms with Crippen molar-refractivity contribution in [1.82, 2.24) is 0 Å². The molecule has 1 fully saturated rings. The number of aryl methyl sites for hydroxylation is 2. The first-order chi connectivity index (χ1) is 13.5. The monoisotopic (exact) mass is 399 g/mol. The maximum atomic E-state index is 12.5. The third-order valence-electron chi connectivity index (χ3n) is 4.40. The Hall–Kier alpha value is -2.31. The van der Waals surface area contributed by atoms with E-state index in [1.165, 1.54) is 0 Å². The largest absolute Gasteiger partial charge is 0.452 e. The molecule has 0 aliphatic carbocycles. The molecule has 2 aromatic rings. The number of rotatable bonds is 7. The number of ether oxygens (including phenoxy) is 2. The molecule has 1 aliphatic heterocycles. The van der Waals surface area contributed by atoms with Crippen LogP contribution >= 0.6 is 11.8 Å². The third-order valence-corrected chi connectivity index (χ3v) is 5.60. The number of esters is 1. The lowest BCUT2D eigenvalue weighted by molar-refractivity contribution is -0.119. The lowest BCUT2D eigenvalue weighted by Crippen LogP contribution is -2.21. The molecule has 2 aromatic carbocycles. The van der Waals surface area contributed by atoms with Gasteiger partial charge in [0.25, 0.3) is 5.91 Å². The van der Waals surface area contributed by atoms with E-state index >= 15 is 0 Å². The minimum absolute atomic E-state index is 0.234. The van der Waals surface area contributed by atoms with Gasteiger partial charge < -0.3 is 14.8 Å². The summed E-state index contributed by atoms with van der Waals surface area (Å²) in [4.78, 5) is 25.5. The van der Waals surface area contributed by atoms with Gasteiger partial charge >= 0.3 is 5.97 Å². The first-order valence-electron chi connectivity index (χ1n) is 9.40. The van der Waals surface area contributed by atoms with Crippen molar-refractivity contribution in [3.05, 3.63) is 59.2 Å². The van der Waals surface area contributed by atoms with Gasteiger partial charge in [0.2, 0.25) is 0 Å². The first kappa shape index (κ1) is 20.4. The van der Waals surface area contributed by atoms with Crippen molar-refractivity contribution in [2.45, 2.75) is 37.7 Å². The predicted molar refractivity (Wildman–Crippen MR) is 111 cm³/mol. The summed E-state index contributed by atoms with van der Waals surface area (Å²) in [5, 5.41) is 2.77. The normalized spacial score (nSPS) is 16.0. The molecule has 3 rings (SSSR count). The number of thioether (sulfide) groups is 1. The minimum atomic E-state index is -0.494. The Labute approximate surface area is 169 Å². The number of hydrogen-bond donors (Lipinski definition) is 1. The second-order valence-electron chi connectivity index (χ2n) is 6.94. The average molecular weight is 400 g/mol. The highest BCUT2D eigenvalue weighted by molar-refractivity contribution is 7.99. The van der Waals surface area contributed by atoms with Crippen LogP contribution in [-0.2, 0) is 14.3 Å². The van der Waals surface area contributed by atoms with E-state index in [0.717, 1.165) is 41.2 Å². The number of anilines is 1. The molecule has 1 amide bonds. The van der Waals surface area contributed by atoms with E-state index in [4.69, 9.17) is 9.47 Å². The van der Waals surface area contributed by atoms with E-state index in [9.17, 15) is 9.59 Å². The summed E-state index contributed by atoms with van der Waals surface area (Å²) in [5.74, 6) is -0.0498. The molecule has 0 radical (unpaired) electrons. The smallest absolute Gasteiger partial charge is 0.339 e. The number of benzene rings is 2. The molecule has 28 heavy (non-hydrogen) atoms. The van der Waals surface area contributed by atoms with Crippen molar-refractivity contribution < 1.29 is 19.1 Å². The van der Waals surface area contributed by atoms with E-state index in [1.807, 2.05) is 44.2 Å². The number of hydrogen-bond acceptors (Lipinski definition) is 5. The van der Waals surface area contributed by atoms with Gasteiger partial charge in [0.15, 0.2) is 6.61 Å². The molecule has 0 unspecified atom stereocenters. The Morgan fingerprint density at radius 2 is 1.93 bits per heavy atom. The van der Waals surface area contributed by atoms with E-state index in [1.54, 1.807) is 23.9 Å². The van der Waals surface area contributed by atoms with E-state index in [0.29, 0.717) is 11.3 Å². The standard InChI is InChI=1S/C22H25NO4S/c1-15-10-16(2)12-17(11-15)23-21(24)13-27-22(25)19-7-3-4-8-20(19)28-14-18-6-5-9-26-18/h3-4,7-8,10-12,18H,5-6,9,13-14H2,1-2H3,(H,23,24)/t18-/m0/s1. The Morgan fingerprint density at radius 3 is 2.64 bits per heavy atom. The fourth-order valence-corrected chi connectivity index (χ4v) is 4.28. The summed E-state index contributed by atoms with van der Waals surface area (Å²) >= 11 is 1.59. The molecule has 148 valence electrons. The van der Waals surface area contributed by atoms with Gasteiger partial charge in [0.1, 0.15) is 0 Å². The maximum Gasteiger partial charge on any atom is 0.339 e. The van der Waals surface area contributed by atoms with Crippen molar-refractivity contribution in [2.24, 2.45) is 0 Å². The van der Waals surface area contributed by atoms with Crippen molar-refractivity contribution in [1.29, 1.82) is 0 Å². The SMILES string of the molecule is Cc1cc(C)cc(NC(=O)COC(=O)c2ccccc2SC[C@@H]2CCCO2)c1. The summed E-state index contributed by atoms with van der Waals surface area (Å²) in [7, 11) is 0. The summed E-state index contributed by atoms with van der Waals surface area (Å²) in [5.41, 5.74) is 3.30. The summed E-state index contributed by atoms with van der Waals surface area (Å²) in [6.45, 7) is 4.42. The molecule has 1 aliphatic rings. The average Bonchev–Trinajstić information content (AvgIpc) is 3.17. The Balaban J connectivity index is 1.54. The van der Waals surface area contributed by atoms with Crippen LogP contribution in [0.2, 0.25) is 0 Å². The number of amides is 1. The quantitative estimate of drug-likeness (QED) is 0.553. The molecule has 1 heterocycles. The summed E-state index contributed by atoms with van der Waals surface area (Å²) in [6.07, 6.45) is 2.38. The van der Waals surface area contributed by atoms with Crippen molar-refractivity contribution in [2.75, 3.05) is 24.3 Å². The second-order valence-corrected chi connectivity index (χ2v) is 8.00. The fourth-order valence-electron chi connectivity index (χ4n) is 3.17. The zero-order valence-electron chi connectivity index (χ0n) is 16.2. The van der Waals surface area contributed by atoms with Gasteiger partial charge in [-0.25, -0.2) is 4.79 Å². The third kappa shape index (κ3) is 5.84. The van der Waals surface area contributed by atoms with Crippen LogP contribution in [0.5, 0.6) is 0 Å². The van der Waals surface area contributed by atoms with Crippen LogP contribution in [-0.4, -0.2) is 36.9 Å². The highest BCUT2D eigenvalue weighted by atomic mass is 32.2. The minimum Gasteiger partial charge on any atom is -0.452 e. The van der Waals surface area contributed by atoms with Gasteiger partial charge in [-0.2, -0.15) is 0 Å². The van der Waals surface area contributed by atoms with Gasteiger partial charge in [-0.05, 0) is 62.1 Å². The van der Waals surface area contributed by atoms with E-state index < -0.39 is 5.97 Å². The highest BCUT2D eigenvalue weighted by Crippen LogP contribution is 2.27. The van der Waals surface area contributed by atoms with Crippen LogP contribution in [0.4, 0.5) is 5.69 Å². The molecule has 0 aromatic heterocycles. The lowest BCUT2D eigenvalue weighted by Gasteiger charge is -2.12. The second kappa shape index (κ2) is 9.75. The van der Waals surface area contributed by atoms with Crippen LogP contribution < -0.4 is 5.32 Å². The number of carbonyl (C=O) groups is 2. The van der Waals surface area contributed by atoms with E-state index in [-0.39, 0.29) is 18.6 Å². The van der Waals surface area contributed by atoms with E-state index in [2.05, 4.69) is 5.32 Å². The molecule has 5 nitrogen and oxygen atoms in total. The number of carbonyl (C=O) groups excluding carboxylic acids is 2. The van der Waals surface area contributed by atoms with Gasteiger partial charge in [0.05, 0.1) is 11.7 Å². The molecular weight excluding hydrogens is 374 g/mol.